The zero-order valence-corrected chi connectivity index (χ0v) is 11.1. The molecule has 1 heterocycles. The SMILES string of the molecule is CCCn1nc(-c2cc(Cl)ccc2O)cc1C(=O)O. The highest BCUT2D eigenvalue weighted by molar-refractivity contribution is 6.30. The second-order valence-corrected chi connectivity index (χ2v) is 4.54. The fourth-order valence-electron chi connectivity index (χ4n) is 1.82. The van der Waals surface area contributed by atoms with Crippen molar-refractivity contribution in [2.24, 2.45) is 0 Å². The summed E-state index contributed by atoms with van der Waals surface area (Å²) < 4.78 is 1.41. The van der Waals surface area contributed by atoms with Gasteiger partial charge in [-0.1, -0.05) is 18.5 Å². The summed E-state index contributed by atoms with van der Waals surface area (Å²) in [6, 6.07) is 6.00. The summed E-state index contributed by atoms with van der Waals surface area (Å²) in [7, 11) is 0. The van der Waals surface area contributed by atoms with Crippen LogP contribution in [0.3, 0.4) is 0 Å². The van der Waals surface area contributed by atoms with Crippen molar-refractivity contribution in [1.29, 1.82) is 0 Å². The third kappa shape index (κ3) is 2.71. The number of aromatic carboxylic acids is 1. The normalized spacial score (nSPS) is 10.6. The Bertz CT molecular complexity index is 622. The zero-order chi connectivity index (χ0) is 14.0. The van der Waals surface area contributed by atoms with Crippen LogP contribution in [-0.4, -0.2) is 26.0 Å². The average molecular weight is 281 g/mol. The van der Waals surface area contributed by atoms with Gasteiger partial charge in [-0.05, 0) is 30.7 Å². The Morgan fingerprint density at radius 3 is 2.79 bits per heavy atom. The van der Waals surface area contributed by atoms with Crippen LogP contribution < -0.4 is 0 Å². The van der Waals surface area contributed by atoms with Gasteiger partial charge < -0.3 is 10.2 Å². The minimum absolute atomic E-state index is 0.0162. The van der Waals surface area contributed by atoms with Gasteiger partial charge in [0.25, 0.3) is 0 Å². The zero-order valence-electron chi connectivity index (χ0n) is 10.3. The molecule has 100 valence electrons. The summed E-state index contributed by atoms with van der Waals surface area (Å²) in [5.74, 6) is -1.03. The average Bonchev–Trinajstić information content (AvgIpc) is 2.77. The first-order chi connectivity index (χ1) is 9.02. The summed E-state index contributed by atoms with van der Waals surface area (Å²) in [4.78, 5) is 11.1. The Balaban J connectivity index is 2.53. The molecule has 0 saturated heterocycles. The van der Waals surface area contributed by atoms with Crippen LogP contribution in [-0.2, 0) is 6.54 Å². The van der Waals surface area contributed by atoms with Crippen LogP contribution in [0.15, 0.2) is 24.3 Å². The van der Waals surface area contributed by atoms with Crippen LogP contribution in [0.25, 0.3) is 11.3 Å². The first-order valence-corrected chi connectivity index (χ1v) is 6.20. The molecule has 0 bridgehead atoms. The van der Waals surface area contributed by atoms with E-state index in [9.17, 15) is 9.90 Å². The van der Waals surface area contributed by atoms with Crippen molar-refractivity contribution in [3.8, 4) is 17.0 Å². The third-order valence-corrected chi connectivity index (χ3v) is 2.90. The molecule has 1 aromatic carbocycles. The molecule has 2 aromatic rings. The quantitative estimate of drug-likeness (QED) is 0.903. The van der Waals surface area contributed by atoms with Crippen LogP contribution >= 0.6 is 11.6 Å². The van der Waals surface area contributed by atoms with E-state index in [0.717, 1.165) is 6.42 Å². The van der Waals surface area contributed by atoms with Crippen LogP contribution in [0.1, 0.15) is 23.8 Å². The Morgan fingerprint density at radius 1 is 1.42 bits per heavy atom. The van der Waals surface area contributed by atoms with Crippen LogP contribution in [0.2, 0.25) is 5.02 Å². The number of aromatic hydroxyl groups is 1. The number of rotatable bonds is 4. The molecule has 0 amide bonds. The van der Waals surface area contributed by atoms with E-state index in [-0.39, 0.29) is 11.4 Å². The maximum Gasteiger partial charge on any atom is 0.354 e. The minimum atomic E-state index is -1.05. The van der Waals surface area contributed by atoms with E-state index in [1.54, 1.807) is 12.1 Å². The maximum absolute atomic E-state index is 11.1. The van der Waals surface area contributed by atoms with Crippen LogP contribution in [0.5, 0.6) is 5.75 Å². The van der Waals surface area contributed by atoms with Gasteiger partial charge in [0, 0.05) is 17.1 Å². The van der Waals surface area contributed by atoms with Crippen molar-refractivity contribution in [3.63, 3.8) is 0 Å². The molecule has 0 fully saturated rings. The Hall–Kier alpha value is -2.01. The van der Waals surface area contributed by atoms with E-state index < -0.39 is 5.97 Å². The number of phenolic OH excluding ortho intramolecular Hbond substituents is 1. The van der Waals surface area contributed by atoms with Gasteiger partial charge in [0.1, 0.15) is 11.4 Å². The standard InChI is InChI=1S/C13H13ClN2O3/c1-2-5-16-11(13(18)19)7-10(15-16)9-6-8(14)3-4-12(9)17/h3-4,6-7,17H,2,5H2,1H3,(H,18,19). The van der Waals surface area contributed by atoms with Crippen molar-refractivity contribution in [1.82, 2.24) is 9.78 Å². The molecular weight excluding hydrogens is 268 g/mol. The number of aromatic nitrogens is 2. The molecule has 2 rings (SSSR count). The molecular formula is C13H13ClN2O3. The molecule has 1 aromatic heterocycles. The number of carbonyl (C=O) groups is 1. The van der Waals surface area contributed by atoms with E-state index in [4.69, 9.17) is 16.7 Å². The number of halogens is 1. The van der Waals surface area contributed by atoms with Gasteiger partial charge in [-0.15, -0.1) is 0 Å². The molecule has 6 heteroatoms. The van der Waals surface area contributed by atoms with Crippen molar-refractivity contribution in [2.45, 2.75) is 19.9 Å². The molecule has 2 N–H and O–H groups in total. The van der Waals surface area contributed by atoms with E-state index in [0.29, 0.717) is 22.8 Å². The van der Waals surface area contributed by atoms with Gasteiger partial charge in [0.15, 0.2) is 0 Å². The summed E-state index contributed by atoms with van der Waals surface area (Å²) in [6.07, 6.45) is 0.767. The number of nitrogens with zero attached hydrogens (tertiary/aromatic N) is 2. The maximum atomic E-state index is 11.1. The number of carboxylic acid groups (broad SMARTS) is 1. The number of phenols is 1. The Morgan fingerprint density at radius 2 is 2.16 bits per heavy atom. The lowest BCUT2D eigenvalue weighted by Gasteiger charge is -2.02. The van der Waals surface area contributed by atoms with E-state index in [2.05, 4.69) is 5.10 Å². The first kappa shape index (κ1) is 13.4. The van der Waals surface area contributed by atoms with Crippen molar-refractivity contribution in [3.05, 3.63) is 35.0 Å². The minimum Gasteiger partial charge on any atom is -0.507 e. The smallest absolute Gasteiger partial charge is 0.354 e. The molecule has 0 aliphatic rings. The Kier molecular flexibility index (Phi) is 3.76. The second kappa shape index (κ2) is 5.32. The lowest BCUT2D eigenvalue weighted by atomic mass is 10.1. The highest BCUT2D eigenvalue weighted by Gasteiger charge is 2.16. The number of benzene rings is 1. The summed E-state index contributed by atoms with van der Waals surface area (Å²) >= 11 is 5.87. The third-order valence-electron chi connectivity index (χ3n) is 2.67. The van der Waals surface area contributed by atoms with E-state index in [1.165, 1.54) is 16.8 Å². The Labute approximate surface area is 115 Å². The molecule has 0 atom stereocenters. The summed E-state index contributed by atoms with van der Waals surface area (Å²) in [5, 5.41) is 23.6. The number of hydrogen-bond acceptors (Lipinski definition) is 3. The highest BCUT2D eigenvalue weighted by Crippen LogP contribution is 2.31. The van der Waals surface area contributed by atoms with Gasteiger partial charge in [0.2, 0.25) is 0 Å². The molecule has 5 nitrogen and oxygen atoms in total. The summed E-state index contributed by atoms with van der Waals surface area (Å²) in [5.41, 5.74) is 0.909. The van der Waals surface area contributed by atoms with E-state index >= 15 is 0 Å². The fraction of sp³-hybridized carbons (Fsp3) is 0.231. The highest BCUT2D eigenvalue weighted by atomic mass is 35.5. The molecule has 0 aliphatic heterocycles. The van der Waals surface area contributed by atoms with Crippen LogP contribution in [0, 0.1) is 0 Å². The van der Waals surface area contributed by atoms with Crippen molar-refractivity contribution in [2.75, 3.05) is 0 Å². The summed E-state index contributed by atoms with van der Waals surface area (Å²) in [6.45, 7) is 2.44. The predicted molar refractivity (Wildman–Crippen MR) is 71.6 cm³/mol. The monoisotopic (exact) mass is 280 g/mol. The molecule has 0 unspecified atom stereocenters. The lowest BCUT2D eigenvalue weighted by molar-refractivity contribution is 0.0683. The van der Waals surface area contributed by atoms with Gasteiger partial charge in [0.05, 0.1) is 5.69 Å². The predicted octanol–water partition coefficient (Wildman–Crippen LogP) is 3.02. The van der Waals surface area contributed by atoms with Crippen LogP contribution in [0.4, 0.5) is 0 Å². The molecule has 0 radical (unpaired) electrons. The lowest BCUT2D eigenvalue weighted by Crippen LogP contribution is -2.09. The second-order valence-electron chi connectivity index (χ2n) is 4.10. The molecule has 0 aliphatic carbocycles. The fourth-order valence-corrected chi connectivity index (χ4v) is 1.99. The topological polar surface area (TPSA) is 75.3 Å². The number of hydrogen-bond donors (Lipinski definition) is 2. The molecule has 0 saturated carbocycles. The first-order valence-electron chi connectivity index (χ1n) is 5.83. The van der Waals surface area contributed by atoms with Crippen molar-refractivity contribution >= 4 is 17.6 Å². The largest absolute Gasteiger partial charge is 0.507 e. The van der Waals surface area contributed by atoms with Gasteiger partial charge >= 0.3 is 5.97 Å². The van der Waals surface area contributed by atoms with E-state index in [1.807, 2.05) is 6.92 Å². The number of carboxylic acids is 1. The van der Waals surface area contributed by atoms with Crippen molar-refractivity contribution < 1.29 is 15.0 Å². The van der Waals surface area contributed by atoms with Gasteiger partial charge in [-0.3, -0.25) is 4.68 Å². The molecule has 0 spiro atoms. The molecule has 19 heavy (non-hydrogen) atoms. The van der Waals surface area contributed by atoms with Gasteiger partial charge in [-0.25, -0.2) is 4.79 Å². The van der Waals surface area contributed by atoms with Gasteiger partial charge in [-0.2, -0.15) is 5.10 Å². The number of aryl methyl sites for hydroxylation is 1.